The molecule has 1 aromatic heterocycles. The number of nitrogens with zero attached hydrogens (tertiary/aromatic N) is 3. The summed E-state index contributed by atoms with van der Waals surface area (Å²) in [6, 6.07) is -4.39. The van der Waals surface area contributed by atoms with Crippen molar-refractivity contribution >= 4 is 47.5 Å². The van der Waals surface area contributed by atoms with Crippen molar-refractivity contribution in [3.8, 4) is 0 Å². The topological polar surface area (TPSA) is 394 Å². The number of ether oxygens (including phenoxy) is 2. The summed E-state index contributed by atoms with van der Waals surface area (Å²) in [4.78, 5) is 95.0. The van der Waals surface area contributed by atoms with Gasteiger partial charge in [0, 0.05) is 20.0 Å². The average molecular weight is 862 g/mol. The molecule has 26 heteroatoms. The maximum Gasteiger partial charge on any atom is 0.408 e. The average Bonchev–Trinajstić information content (AvgIpc) is 3.43. The molecule has 8 atom stereocenters. The predicted octanol–water partition coefficient (Wildman–Crippen LogP) is -4.46. The number of aliphatic carboxylic acids is 1. The highest BCUT2D eigenvalue weighted by Crippen LogP contribution is 2.28. The van der Waals surface area contributed by atoms with Gasteiger partial charge in [-0.1, -0.05) is 0 Å². The van der Waals surface area contributed by atoms with Crippen LogP contribution in [0.3, 0.4) is 0 Å². The first-order valence-corrected chi connectivity index (χ1v) is 18.8. The van der Waals surface area contributed by atoms with Crippen LogP contribution in [0.4, 0.5) is 15.0 Å². The highest BCUT2D eigenvalue weighted by Gasteiger charge is 2.44. The van der Waals surface area contributed by atoms with Crippen LogP contribution in [0.25, 0.3) is 0 Å². The maximum absolute atomic E-state index is 15.2. The van der Waals surface area contributed by atoms with Crippen LogP contribution in [0.1, 0.15) is 72.4 Å². The Bertz CT molecular complexity index is 1740. The molecule has 0 radical (unpaired) electrons. The molecular weight excluding hydrogens is 805 g/mol. The molecule has 1 fully saturated rings. The zero-order valence-electron chi connectivity index (χ0n) is 33.6. The second-order valence-electron chi connectivity index (χ2n) is 14.6. The Morgan fingerprint density at radius 1 is 1.02 bits per heavy atom. The molecule has 0 bridgehead atoms. The van der Waals surface area contributed by atoms with Gasteiger partial charge in [0.05, 0.1) is 31.8 Å². The molecule has 1 aliphatic heterocycles. The number of unbranched alkanes of at least 4 members (excludes halogenated alkanes) is 1. The molecule has 25 nitrogen and oxygen atoms in total. The fraction of sp³-hybridized carbons (Fsp3) is 0.676. The van der Waals surface area contributed by atoms with Crippen LogP contribution < -0.4 is 49.1 Å². The number of halogens is 1. The van der Waals surface area contributed by atoms with E-state index < -0.39 is 121 Å². The van der Waals surface area contributed by atoms with Crippen molar-refractivity contribution in [2.24, 2.45) is 16.5 Å². The summed E-state index contributed by atoms with van der Waals surface area (Å²) in [5.41, 5.74) is 8.54. The number of nitrogens with two attached hydrogens (primary N) is 2. The van der Waals surface area contributed by atoms with Crippen molar-refractivity contribution in [1.82, 2.24) is 36.1 Å². The quantitative estimate of drug-likeness (QED) is 0.0214. The number of nitrogens with one attached hydrogen (secondary N) is 6. The van der Waals surface area contributed by atoms with E-state index in [1.807, 2.05) is 0 Å². The minimum absolute atomic E-state index is 0.104. The molecule has 8 unspecified atom stereocenters. The first-order chi connectivity index (χ1) is 28.0. The third-order valence-corrected chi connectivity index (χ3v) is 8.43. The molecule has 2 heterocycles. The molecule has 1 saturated heterocycles. The Balaban J connectivity index is 2.14. The monoisotopic (exact) mass is 861 g/mol. The van der Waals surface area contributed by atoms with Gasteiger partial charge in [-0.3, -0.25) is 34.1 Å². The van der Waals surface area contributed by atoms with E-state index >= 15 is 4.39 Å². The fourth-order valence-corrected chi connectivity index (χ4v) is 5.55. The fourth-order valence-electron chi connectivity index (χ4n) is 5.55. The molecule has 2 rings (SSSR count). The number of hydrogen-bond donors (Lipinski definition) is 13. The van der Waals surface area contributed by atoms with Gasteiger partial charge >= 0.3 is 17.8 Å². The SMILES string of the molecule is CC(=O)NCCCCC(NC(=O)CC(NC(=O)CNC(O)C(CCCN=C(N)N)NC(=O)OC(C)(C)C)C(=O)O)C(=O)Nc1nc(=O)n(C2OC(CO)C(O)C2O)cc1F. The summed E-state index contributed by atoms with van der Waals surface area (Å²) >= 11 is 0. The van der Waals surface area contributed by atoms with Gasteiger partial charge in [0.25, 0.3) is 0 Å². The Kier molecular flexibility index (Phi) is 20.2. The van der Waals surface area contributed by atoms with E-state index in [9.17, 15) is 59.1 Å². The lowest BCUT2D eigenvalue weighted by atomic mass is 10.1. The summed E-state index contributed by atoms with van der Waals surface area (Å²) in [5.74, 6) is -7.50. The number of rotatable bonds is 23. The number of carboxylic acid groups (broad SMARTS) is 1. The lowest BCUT2D eigenvalue weighted by molar-refractivity contribution is -0.143. The van der Waals surface area contributed by atoms with E-state index in [1.54, 1.807) is 20.8 Å². The van der Waals surface area contributed by atoms with Crippen molar-refractivity contribution < 1.29 is 68.2 Å². The van der Waals surface area contributed by atoms with Crippen LogP contribution in [0.5, 0.6) is 0 Å². The molecule has 0 aliphatic carbocycles. The number of alkyl carbamates (subject to hydrolysis) is 1. The lowest BCUT2D eigenvalue weighted by Gasteiger charge is -2.27. The van der Waals surface area contributed by atoms with Crippen molar-refractivity contribution in [1.29, 1.82) is 0 Å². The summed E-state index contributed by atoms with van der Waals surface area (Å²) in [5, 5.41) is 64.1. The number of amides is 5. The van der Waals surface area contributed by atoms with Crippen LogP contribution in [0, 0.1) is 5.82 Å². The molecule has 0 saturated carbocycles. The molecule has 60 heavy (non-hydrogen) atoms. The zero-order valence-corrected chi connectivity index (χ0v) is 33.6. The second-order valence-corrected chi connectivity index (χ2v) is 14.6. The van der Waals surface area contributed by atoms with Crippen molar-refractivity contribution in [2.75, 3.05) is 31.6 Å². The summed E-state index contributed by atoms with van der Waals surface area (Å²) in [6.45, 7) is 5.06. The van der Waals surface area contributed by atoms with E-state index in [0.29, 0.717) is 17.2 Å². The van der Waals surface area contributed by atoms with Gasteiger partial charge in [0.2, 0.25) is 23.6 Å². The number of carbonyl (C=O) groups excluding carboxylic acids is 5. The number of aromatic nitrogens is 2. The molecule has 5 amide bonds. The maximum atomic E-state index is 15.2. The van der Waals surface area contributed by atoms with Gasteiger partial charge in [-0.2, -0.15) is 4.98 Å². The Morgan fingerprint density at radius 3 is 2.27 bits per heavy atom. The summed E-state index contributed by atoms with van der Waals surface area (Å²) < 4.78 is 26.1. The first-order valence-electron chi connectivity index (χ1n) is 18.8. The standard InChI is InChI=1S/C34H56FN11O14/c1-16(48)38-10-6-5-8-19(28(54)44-26-17(35)14-46(32(57)45-26)29-25(52)24(51)21(15-47)59-29)41-22(49)12-20(30(55)56)42-23(50)13-40-27(53)18(9-7-11-39-31(36)37)43-33(58)60-34(2,3)4/h14,18-21,24-25,27,29,40,47,51-53H,5-13,15H2,1-4H3,(H,38,48)(H,41,49)(H,42,50)(H,43,58)(H,55,56)(H4,36,37,39)(H,44,45,54,57). The Hall–Kier alpha value is -5.54. The largest absolute Gasteiger partial charge is 0.480 e. The number of aliphatic hydroxyl groups is 4. The number of guanidine groups is 1. The van der Waals surface area contributed by atoms with Gasteiger partial charge < -0.3 is 73.1 Å². The lowest BCUT2D eigenvalue weighted by Crippen LogP contribution is -2.54. The Morgan fingerprint density at radius 2 is 1.68 bits per heavy atom. The molecule has 15 N–H and O–H groups in total. The van der Waals surface area contributed by atoms with Gasteiger partial charge in [-0.25, -0.2) is 18.8 Å². The van der Waals surface area contributed by atoms with Gasteiger partial charge in [-0.05, 0) is 52.9 Å². The molecule has 1 aliphatic rings. The van der Waals surface area contributed by atoms with Gasteiger partial charge in [-0.15, -0.1) is 0 Å². The van der Waals surface area contributed by atoms with Crippen molar-refractivity contribution in [3.05, 3.63) is 22.5 Å². The van der Waals surface area contributed by atoms with Gasteiger partial charge in [0.15, 0.2) is 23.8 Å². The van der Waals surface area contributed by atoms with Crippen LogP contribution in [-0.2, 0) is 33.4 Å². The van der Waals surface area contributed by atoms with Gasteiger partial charge in [0.1, 0.15) is 42.2 Å². The number of anilines is 1. The minimum Gasteiger partial charge on any atom is -0.480 e. The molecule has 1 aromatic rings. The highest BCUT2D eigenvalue weighted by molar-refractivity contribution is 5.97. The van der Waals surface area contributed by atoms with E-state index in [4.69, 9.17) is 20.9 Å². The number of carboxylic acids is 1. The third-order valence-electron chi connectivity index (χ3n) is 8.43. The van der Waals surface area contributed by atoms with Crippen LogP contribution in [0.2, 0.25) is 0 Å². The number of hydrogen-bond acceptors (Lipinski definition) is 16. The van der Waals surface area contributed by atoms with E-state index in [0.717, 1.165) is 0 Å². The Labute approximate surface area is 342 Å². The van der Waals surface area contributed by atoms with Crippen molar-refractivity contribution in [2.45, 2.75) is 121 Å². The minimum atomic E-state index is -1.86. The van der Waals surface area contributed by atoms with E-state index in [2.05, 4.69) is 41.9 Å². The van der Waals surface area contributed by atoms with Crippen molar-refractivity contribution in [3.63, 3.8) is 0 Å². The molecular formula is C34H56FN11O14. The zero-order chi connectivity index (χ0) is 45.3. The van der Waals surface area contributed by atoms with Crippen LogP contribution in [-0.4, -0.2) is 151 Å². The highest BCUT2D eigenvalue weighted by atomic mass is 19.1. The predicted molar refractivity (Wildman–Crippen MR) is 206 cm³/mol. The molecule has 0 spiro atoms. The molecule has 0 aromatic carbocycles. The van der Waals surface area contributed by atoms with E-state index in [1.165, 1.54) is 6.92 Å². The third kappa shape index (κ3) is 17.4. The van der Waals surface area contributed by atoms with Crippen LogP contribution in [0.15, 0.2) is 16.0 Å². The number of aliphatic imine (C=N–C) groups is 1. The summed E-state index contributed by atoms with van der Waals surface area (Å²) in [6.07, 6.45) is -8.39. The summed E-state index contributed by atoms with van der Waals surface area (Å²) in [7, 11) is 0. The number of aliphatic hydroxyl groups excluding tert-OH is 4. The smallest absolute Gasteiger partial charge is 0.408 e. The number of carbonyl (C=O) groups is 6. The first kappa shape index (κ1) is 50.6. The normalized spacial score (nSPS) is 19.5. The molecule has 338 valence electrons. The van der Waals surface area contributed by atoms with E-state index in [-0.39, 0.29) is 50.6 Å². The van der Waals surface area contributed by atoms with Crippen LogP contribution >= 0.6 is 0 Å². The second kappa shape index (κ2) is 23.9.